The Morgan fingerprint density at radius 1 is 1.20 bits per heavy atom. The van der Waals surface area contributed by atoms with Crippen molar-refractivity contribution in [3.8, 4) is 5.75 Å². The molecule has 0 saturated heterocycles. The van der Waals surface area contributed by atoms with E-state index in [9.17, 15) is 9.90 Å². The summed E-state index contributed by atoms with van der Waals surface area (Å²) in [6.07, 6.45) is -1.11. The summed E-state index contributed by atoms with van der Waals surface area (Å²) in [6.45, 7) is 1.17. The maximum atomic E-state index is 12.9. The van der Waals surface area contributed by atoms with Crippen LogP contribution in [0.5, 0.6) is 5.75 Å². The number of hydrogen-bond acceptors (Lipinski definition) is 5. The minimum Gasteiger partial charge on any atom is -0.497 e. The van der Waals surface area contributed by atoms with Crippen LogP contribution >= 0.6 is 11.8 Å². The average Bonchev–Trinajstić information content (AvgIpc) is 2.76. The normalized spacial score (nSPS) is 20.1. The van der Waals surface area contributed by atoms with Gasteiger partial charge >= 0.3 is 0 Å². The Hall–Kier alpha value is -2.02. The highest BCUT2D eigenvalue weighted by molar-refractivity contribution is 7.99. The van der Waals surface area contributed by atoms with E-state index in [0.717, 1.165) is 21.9 Å². The Morgan fingerprint density at radius 2 is 1.92 bits per heavy atom. The van der Waals surface area contributed by atoms with Crippen LogP contribution in [0, 0.1) is 0 Å². The molecule has 1 aliphatic heterocycles. The van der Waals surface area contributed by atoms with E-state index >= 15 is 0 Å². The molecule has 0 aromatic heterocycles. The van der Waals surface area contributed by atoms with Gasteiger partial charge in [0.15, 0.2) is 0 Å². The number of para-hydroxylation sites is 1. The molecule has 6 heteroatoms. The number of nitrogens with zero attached hydrogens (tertiary/aromatic N) is 1. The quantitative estimate of drug-likeness (QED) is 0.860. The van der Waals surface area contributed by atoms with Gasteiger partial charge in [-0.3, -0.25) is 4.79 Å². The summed E-state index contributed by atoms with van der Waals surface area (Å²) in [7, 11) is 3.46. The first-order valence-corrected chi connectivity index (χ1v) is 9.07. The lowest BCUT2D eigenvalue weighted by molar-refractivity contribution is -0.126. The van der Waals surface area contributed by atoms with Crippen molar-refractivity contribution >= 4 is 23.4 Å². The maximum absolute atomic E-state index is 12.9. The number of rotatable bonds is 5. The van der Waals surface area contributed by atoms with Crippen molar-refractivity contribution in [3.05, 3.63) is 54.1 Å². The lowest BCUT2D eigenvalue weighted by Crippen LogP contribution is -2.43. The average molecular weight is 358 g/mol. The number of amides is 1. The highest BCUT2D eigenvalue weighted by Gasteiger charge is 2.36. The highest BCUT2D eigenvalue weighted by atomic mass is 32.2. The van der Waals surface area contributed by atoms with Crippen LogP contribution in [0.3, 0.4) is 0 Å². The van der Waals surface area contributed by atoms with Crippen molar-refractivity contribution in [2.24, 2.45) is 0 Å². The van der Waals surface area contributed by atoms with Crippen LogP contribution in [0.2, 0.25) is 0 Å². The first kappa shape index (κ1) is 17.8. The van der Waals surface area contributed by atoms with Gasteiger partial charge in [0.25, 0.3) is 5.91 Å². The number of methoxy groups -OCH3 is 1. The van der Waals surface area contributed by atoms with E-state index in [2.05, 4.69) is 5.32 Å². The summed E-state index contributed by atoms with van der Waals surface area (Å²) < 4.78 is 5.20. The number of anilines is 1. The molecule has 2 atom stereocenters. The van der Waals surface area contributed by atoms with Crippen molar-refractivity contribution in [1.29, 1.82) is 0 Å². The zero-order chi connectivity index (χ0) is 17.8. The number of carbonyl (C=O) groups excluding carboxylic acids is 1. The van der Waals surface area contributed by atoms with Gasteiger partial charge < -0.3 is 20.1 Å². The number of carbonyl (C=O) groups is 1. The Kier molecular flexibility index (Phi) is 5.63. The summed E-state index contributed by atoms with van der Waals surface area (Å²) >= 11 is 1.52. The van der Waals surface area contributed by atoms with Crippen molar-refractivity contribution in [3.63, 3.8) is 0 Å². The van der Waals surface area contributed by atoms with E-state index in [1.165, 1.54) is 11.8 Å². The van der Waals surface area contributed by atoms with Gasteiger partial charge in [0.2, 0.25) is 0 Å². The SMILES string of the molecule is CNCCN1C(=O)[C@H](O)[C@@H](c2ccc(OC)cc2)Sc2ccccc21. The minimum atomic E-state index is -1.11. The number of aliphatic hydroxyl groups is 1. The molecule has 1 aliphatic rings. The minimum absolute atomic E-state index is 0.270. The number of benzene rings is 2. The van der Waals surface area contributed by atoms with Crippen molar-refractivity contribution in [2.45, 2.75) is 16.2 Å². The molecule has 25 heavy (non-hydrogen) atoms. The molecule has 132 valence electrons. The lowest BCUT2D eigenvalue weighted by Gasteiger charge is -2.25. The van der Waals surface area contributed by atoms with E-state index in [1.54, 1.807) is 12.0 Å². The fourth-order valence-corrected chi connectivity index (χ4v) is 4.16. The van der Waals surface area contributed by atoms with Crippen LogP contribution < -0.4 is 15.0 Å². The Balaban J connectivity index is 1.99. The van der Waals surface area contributed by atoms with Crippen LogP contribution in [-0.2, 0) is 4.79 Å². The molecule has 2 N–H and O–H groups in total. The molecule has 2 aromatic carbocycles. The van der Waals surface area contributed by atoms with E-state index < -0.39 is 6.10 Å². The molecular formula is C19H22N2O3S. The number of nitrogens with one attached hydrogen (secondary N) is 1. The topological polar surface area (TPSA) is 61.8 Å². The molecule has 0 spiro atoms. The summed E-state index contributed by atoms with van der Waals surface area (Å²) in [5, 5.41) is 13.5. The van der Waals surface area contributed by atoms with Crippen LogP contribution in [0.1, 0.15) is 10.8 Å². The van der Waals surface area contributed by atoms with E-state index in [0.29, 0.717) is 13.1 Å². The summed E-state index contributed by atoms with van der Waals surface area (Å²) in [5.74, 6) is 0.479. The zero-order valence-corrected chi connectivity index (χ0v) is 15.1. The number of likely N-dealkylation sites (N-methyl/N-ethyl adjacent to an activating group) is 1. The molecule has 0 radical (unpaired) electrons. The maximum Gasteiger partial charge on any atom is 0.257 e. The fourth-order valence-electron chi connectivity index (χ4n) is 2.89. The number of fused-ring (bicyclic) bond motifs is 1. The number of thioether (sulfide) groups is 1. The summed E-state index contributed by atoms with van der Waals surface area (Å²) in [5.41, 5.74) is 1.75. The summed E-state index contributed by atoms with van der Waals surface area (Å²) in [4.78, 5) is 15.6. The van der Waals surface area contributed by atoms with E-state index in [1.807, 2.05) is 55.6 Å². The van der Waals surface area contributed by atoms with Gasteiger partial charge in [-0.05, 0) is 36.9 Å². The molecule has 0 saturated carbocycles. The number of aliphatic hydroxyl groups excluding tert-OH is 1. The second-order valence-corrected chi connectivity index (χ2v) is 7.00. The predicted octanol–water partition coefficient (Wildman–Crippen LogP) is 2.46. The van der Waals surface area contributed by atoms with Crippen molar-refractivity contribution < 1.29 is 14.6 Å². The third-order valence-electron chi connectivity index (χ3n) is 4.25. The Bertz CT molecular complexity index is 736. The monoisotopic (exact) mass is 358 g/mol. The van der Waals surface area contributed by atoms with Crippen LogP contribution in [0.25, 0.3) is 0 Å². The molecule has 0 aliphatic carbocycles. The molecule has 0 bridgehead atoms. The molecule has 1 heterocycles. The van der Waals surface area contributed by atoms with Gasteiger partial charge in [-0.25, -0.2) is 0 Å². The van der Waals surface area contributed by atoms with Gasteiger partial charge in [0.1, 0.15) is 11.9 Å². The standard InChI is InChI=1S/C19H22N2O3S/c1-20-11-12-21-15-5-3-4-6-16(15)25-18(17(22)19(21)23)13-7-9-14(24-2)10-8-13/h3-10,17-18,20,22H,11-12H2,1-2H3/t17-,18-/m1/s1. The third kappa shape index (κ3) is 3.66. The van der Waals surface area contributed by atoms with Crippen LogP contribution in [0.4, 0.5) is 5.69 Å². The van der Waals surface area contributed by atoms with Gasteiger partial charge in [-0.15, -0.1) is 11.8 Å². The third-order valence-corrected chi connectivity index (χ3v) is 5.63. The smallest absolute Gasteiger partial charge is 0.257 e. The van der Waals surface area contributed by atoms with E-state index in [-0.39, 0.29) is 11.2 Å². The largest absolute Gasteiger partial charge is 0.497 e. The summed E-state index contributed by atoms with van der Waals surface area (Å²) in [6, 6.07) is 15.3. The first-order chi connectivity index (χ1) is 12.2. The molecular weight excluding hydrogens is 336 g/mol. The Morgan fingerprint density at radius 3 is 2.60 bits per heavy atom. The van der Waals surface area contributed by atoms with Gasteiger partial charge in [-0.1, -0.05) is 24.3 Å². The highest BCUT2D eigenvalue weighted by Crippen LogP contribution is 2.45. The molecule has 0 fully saturated rings. The van der Waals surface area contributed by atoms with Crippen molar-refractivity contribution in [2.75, 3.05) is 32.1 Å². The second kappa shape index (κ2) is 7.91. The van der Waals surface area contributed by atoms with Crippen LogP contribution in [0.15, 0.2) is 53.4 Å². The zero-order valence-electron chi connectivity index (χ0n) is 14.3. The lowest BCUT2D eigenvalue weighted by atomic mass is 10.1. The predicted molar refractivity (Wildman–Crippen MR) is 100 cm³/mol. The molecule has 1 amide bonds. The molecule has 0 unspecified atom stereocenters. The Labute approximate surface area is 152 Å². The number of ether oxygens (including phenoxy) is 1. The number of hydrogen-bond donors (Lipinski definition) is 2. The first-order valence-electron chi connectivity index (χ1n) is 8.19. The molecule has 2 aromatic rings. The van der Waals surface area contributed by atoms with Gasteiger partial charge in [-0.2, -0.15) is 0 Å². The van der Waals surface area contributed by atoms with E-state index in [4.69, 9.17) is 4.74 Å². The van der Waals surface area contributed by atoms with Gasteiger partial charge in [0, 0.05) is 18.0 Å². The fraction of sp³-hybridized carbons (Fsp3) is 0.316. The van der Waals surface area contributed by atoms with Gasteiger partial charge in [0.05, 0.1) is 18.0 Å². The molecule has 3 rings (SSSR count). The van der Waals surface area contributed by atoms with Crippen molar-refractivity contribution in [1.82, 2.24) is 5.32 Å². The second-order valence-electron chi connectivity index (χ2n) is 5.82. The molecule has 5 nitrogen and oxygen atoms in total. The van der Waals surface area contributed by atoms with Crippen LogP contribution in [-0.4, -0.2) is 44.4 Å².